The van der Waals surface area contributed by atoms with Gasteiger partial charge < -0.3 is 16.0 Å². The van der Waals surface area contributed by atoms with Gasteiger partial charge in [-0.1, -0.05) is 12.2 Å². The van der Waals surface area contributed by atoms with Gasteiger partial charge in [0.15, 0.2) is 0 Å². The van der Waals surface area contributed by atoms with E-state index in [1.807, 2.05) is 14.1 Å². The average molecular weight is 239 g/mol. The minimum absolute atomic E-state index is 0.265. The van der Waals surface area contributed by atoms with Gasteiger partial charge in [-0.3, -0.25) is 0 Å². The normalized spacial score (nSPS) is 12.5. The lowest BCUT2D eigenvalue weighted by Gasteiger charge is -2.20. The lowest BCUT2D eigenvalue weighted by atomic mass is 10.3. The summed E-state index contributed by atoms with van der Waals surface area (Å²) in [6, 6.07) is 0.428. The first kappa shape index (κ1) is 12.8. The van der Waals surface area contributed by atoms with Gasteiger partial charge in [0.2, 0.25) is 0 Å². The van der Waals surface area contributed by atoms with Gasteiger partial charge in [-0.25, -0.2) is 9.97 Å². The molecule has 88 valence electrons. The zero-order chi connectivity index (χ0) is 12.1. The predicted molar refractivity (Wildman–Crippen MR) is 69.6 cm³/mol. The van der Waals surface area contributed by atoms with Gasteiger partial charge in [0.05, 0.1) is 12.4 Å². The maximum Gasteiger partial charge on any atom is 0.144 e. The molecule has 16 heavy (non-hydrogen) atoms. The van der Waals surface area contributed by atoms with E-state index in [4.69, 9.17) is 18.0 Å². The molecule has 0 spiro atoms. The lowest BCUT2D eigenvalue weighted by molar-refractivity contribution is 0.326. The molecule has 1 atom stereocenters. The number of aromatic nitrogens is 2. The highest BCUT2D eigenvalue weighted by atomic mass is 32.1. The van der Waals surface area contributed by atoms with Gasteiger partial charge in [0.25, 0.3) is 0 Å². The number of nitrogens with two attached hydrogens (primary N) is 1. The summed E-state index contributed by atoms with van der Waals surface area (Å²) in [6.07, 6.45) is 3.21. The second-order valence-electron chi connectivity index (χ2n) is 3.84. The second-order valence-corrected chi connectivity index (χ2v) is 4.28. The number of nitrogens with zero attached hydrogens (tertiary/aromatic N) is 3. The molecule has 0 aromatic carbocycles. The van der Waals surface area contributed by atoms with Crippen LogP contribution in [0.4, 0.5) is 5.82 Å². The quantitative estimate of drug-likeness (QED) is 0.728. The number of likely N-dealkylation sites (N-methyl/N-ethyl adjacent to an activating group) is 1. The topological polar surface area (TPSA) is 67.1 Å². The van der Waals surface area contributed by atoms with Gasteiger partial charge in [0.1, 0.15) is 16.5 Å². The molecule has 0 saturated heterocycles. The van der Waals surface area contributed by atoms with Crippen LogP contribution in [0.5, 0.6) is 0 Å². The van der Waals surface area contributed by atoms with Crippen molar-refractivity contribution in [2.75, 3.05) is 26.0 Å². The Morgan fingerprint density at radius 1 is 1.50 bits per heavy atom. The van der Waals surface area contributed by atoms with Gasteiger partial charge in [-0.05, 0) is 21.0 Å². The molecule has 1 aromatic rings. The molecule has 1 rings (SSSR count). The van der Waals surface area contributed by atoms with E-state index in [-0.39, 0.29) is 4.99 Å². The van der Waals surface area contributed by atoms with Crippen molar-refractivity contribution in [3.8, 4) is 0 Å². The van der Waals surface area contributed by atoms with Crippen molar-refractivity contribution in [1.82, 2.24) is 14.9 Å². The Morgan fingerprint density at radius 2 is 2.19 bits per heavy atom. The third kappa shape index (κ3) is 3.71. The molecule has 0 bridgehead atoms. The van der Waals surface area contributed by atoms with Crippen LogP contribution in [0.25, 0.3) is 0 Å². The summed E-state index contributed by atoms with van der Waals surface area (Å²) in [6.45, 7) is 2.94. The molecule has 1 unspecified atom stereocenters. The Hall–Kier alpha value is -1.27. The Morgan fingerprint density at radius 3 is 2.62 bits per heavy atom. The Labute approximate surface area is 101 Å². The summed E-state index contributed by atoms with van der Waals surface area (Å²) < 4.78 is 0. The first-order valence-electron chi connectivity index (χ1n) is 5.03. The van der Waals surface area contributed by atoms with Gasteiger partial charge in [-0.2, -0.15) is 0 Å². The largest absolute Gasteiger partial charge is 0.388 e. The SMILES string of the molecule is CC(CNc1cnc(C(N)=S)cn1)N(C)C. The smallest absolute Gasteiger partial charge is 0.144 e. The molecule has 6 heteroatoms. The standard InChI is InChI=1S/C10H17N5S/c1-7(15(2)3)4-13-9-6-12-8(5-14-9)10(11)16/h5-7H,4H2,1-3H3,(H2,11,16)(H,13,14). The molecule has 5 nitrogen and oxygen atoms in total. The van der Waals surface area contributed by atoms with Crippen LogP contribution in [0, 0.1) is 0 Å². The summed E-state index contributed by atoms with van der Waals surface area (Å²) >= 11 is 4.79. The van der Waals surface area contributed by atoms with Crippen LogP contribution in [-0.2, 0) is 0 Å². The fourth-order valence-corrected chi connectivity index (χ4v) is 1.09. The molecule has 0 fully saturated rings. The minimum Gasteiger partial charge on any atom is -0.388 e. The highest BCUT2D eigenvalue weighted by molar-refractivity contribution is 7.80. The van der Waals surface area contributed by atoms with Gasteiger partial charge in [0, 0.05) is 12.6 Å². The summed E-state index contributed by atoms with van der Waals surface area (Å²) in [7, 11) is 4.07. The van der Waals surface area contributed by atoms with Crippen LogP contribution in [-0.4, -0.2) is 46.5 Å². The molecule has 0 aliphatic carbocycles. The van der Waals surface area contributed by atoms with E-state index in [0.717, 1.165) is 12.4 Å². The van der Waals surface area contributed by atoms with Crippen LogP contribution in [0.1, 0.15) is 12.6 Å². The van der Waals surface area contributed by atoms with Crippen molar-refractivity contribution in [3.05, 3.63) is 18.1 Å². The van der Waals surface area contributed by atoms with Crippen molar-refractivity contribution in [2.24, 2.45) is 5.73 Å². The number of rotatable bonds is 5. The van der Waals surface area contributed by atoms with E-state index >= 15 is 0 Å². The summed E-state index contributed by atoms with van der Waals surface area (Å²) in [5.41, 5.74) is 5.97. The molecule has 3 N–H and O–H groups in total. The van der Waals surface area contributed by atoms with Gasteiger partial charge in [-0.15, -0.1) is 0 Å². The van der Waals surface area contributed by atoms with Crippen molar-refractivity contribution in [3.63, 3.8) is 0 Å². The number of anilines is 1. The first-order chi connectivity index (χ1) is 7.50. The fourth-order valence-electron chi connectivity index (χ4n) is 0.981. The second kappa shape index (κ2) is 5.72. The fraction of sp³-hybridized carbons (Fsp3) is 0.500. The van der Waals surface area contributed by atoms with E-state index in [1.165, 1.54) is 0 Å². The van der Waals surface area contributed by atoms with Crippen LogP contribution in [0.2, 0.25) is 0 Å². The van der Waals surface area contributed by atoms with Crippen molar-refractivity contribution in [2.45, 2.75) is 13.0 Å². The molecule has 0 amide bonds. The van der Waals surface area contributed by atoms with E-state index in [0.29, 0.717) is 11.7 Å². The maximum atomic E-state index is 5.43. The maximum absolute atomic E-state index is 5.43. The monoisotopic (exact) mass is 239 g/mol. The molecule has 0 radical (unpaired) electrons. The number of hydrogen-bond acceptors (Lipinski definition) is 5. The molecular weight excluding hydrogens is 222 g/mol. The number of nitrogens with one attached hydrogen (secondary N) is 1. The van der Waals surface area contributed by atoms with E-state index < -0.39 is 0 Å². The number of hydrogen-bond donors (Lipinski definition) is 2. The molecule has 1 aromatic heterocycles. The van der Waals surface area contributed by atoms with Crippen LogP contribution in [0.3, 0.4) is 0 Å². The van der Waals surface area contributed by atoms with Crippen LogP contribution >= 0.6 is 12.2 Å². The Bertz CT molecular complexity index is 349. The third-order valence-corrected chi connectivity index (χ3v) is 2.57. The highest BCUT2D eigenvalue weighted by Crippen LogP contribution is 2.02. The lowest BCUT2D eigenvalue weighted by Crippen LogP contribution is -2.31. The van der Waals surface area contributed by atoms with Crippen molar-refractivity contribution < 1.29 is 0 Å². The first-order valence-corrected chi connectivity index (χ1v) is 5.43. The van der Waals surface area contributed by atoms with Crippen molar-refractivity contribution >= 4 is 23.0 Å². The zero-order valence-corrected chi connectivity index (χ0v) is 10.6. The van der Waals surface area contributed by atoms with E-state index in [1.54, 1.807) is 12.4 Å². The minimum atomic E-state index is 0.265. The highest BCUT2D eigenvalue weighted by Gasteiger charge is 2.04. The van der Waals surface area contributed by atoms with Crippen LogP contribution in [0.15, 0.2) is 12.4 Å². The van der Waals surface area contributed by atoms with E-state index in [2.05, 4.69) is 27.1 Å². The van der Waals surface area contributed by atoms with E-state index in [9.17, 15) is 0 Å². The summed E-state index contributed by atoms with van der Waals surface area (Å²) in [5, 5.41) is 3.19. The Kier molecular flexibility index (Phi) is 4.57. The van der Waals surface area contributed by atoms with Gasteiger partial charge >= 0.3 is 0 Å². The summed E-state index contributed by atoms with van der Waals surface area (Å²) in [5.74, 6) is 0.730. The average Bonchev–Trinajstić information content (AvgIpc) is 2.26. The summed E-state index contributed by atoms with van der Waals surface area (Å²) in [4.78, 5) is 10.7. The molecule has 0 saturated carbocycles. The Balaban J connectivity index is 2.53. The third-order valence-electron chi connectivity index (χ3n) is 2.36. The predicted octanol–water partition coefficient (Wildman–Crippen LogP) is 0.473. The molecule has 0 aliphatic rings. The number of thiocarbonyl (C=S) groups is 1. The van der Waals surface area contributed by atoms with Crippen molar-refractivity contribution in [1.29, 1.82) is 0 Å². The van der Waals surface area contributed by atoms with Crippen LogP contribution < -0.4 is 11.1 Å². The molecular formula is C10H17N5S. The molecule has 0 aliphatic heterocycles. The zero-order valence-electron chi connectivity index (χ0n) is 9.77. The molecule has 1 heterocycles.